The van der Waals surface area contributed by atoms with Crippen molar-refractivity contribution in [3.63, 3.8) is 0 Å². The van der Waals surface area contributed by atoms with Gasteiger partial charge in [-0.1, -0.05) is 77.3 Å². The number of para-hydroxylation sites is 2. The number of methoxy groups -OCH3 is 2. The minimum absolute atomic E-state index is 0.0781. The van der Waals surface area contributed by atoms with Gasteiger partial charge in [0.25, 0.3) is 11.8 Å². The van der Waals surface area contributed by atoms with Crippen LogP contribution in [-0.4, -0.2) is 219 Å². The summed E-state index contributed by atoms with van der Waals surface area (Å²) in [6, 6.07) is 49.6. The number of carbonyl (C=O) groups excluding carboxylic acids is 2. The predicted molar refractivity (Wildman–Crippen MR) is 520 cm³/mol. The first kappa shape index (κ1) is 97.9. The average Bonchev–Trinajstić information content (AvgIpc) is 0.963. The molecular formula is C91H104Br2Cl2N20O12S3. The Labute approximate surface area is 787 Å². The van der Waals surface area contributed by atoms with Crippen molar-refractivity contribution >= 4 is 178 Å². The molecule has 0 bridgehead atoms. The number of aliphatic hydroxyl groups excluding tert-OH is 2. The largest absolute Gasteiger partial charge is 0.507 e. The molecule has 8 aromatic carbocycles. The number of piperazine rings is 2. The van der Waals surface area contributed by atoms with E-state index in [9.17, 15) is 41.7 Å². The number of ether oxygens (including phenoxy) is 3. The summed E-state index contributed by atoms with van der Waals surface area (Å²) in [7, 11) is 1.79. The molecule has 32 nitrogen and oxygen atoms in total. The number of carbonyl (C=O) groups is 2. The number of halogens is 4. The lowest BCUT2D eigenvalue weighted by Gasteiger charge is -2.42. The Morgan fingerprint density at radius 3 is 1.82 bits per heavy atom. The maximum Gasteiger partial charge on any atom is 0.270 e. The number of phenolic OH excluding ortho intramolecular Hbond substituents is 1. The number of nitrogens with one attached hydrogen (secondary N) is 8. The van der Waals surface area contributed by atoms with Crippen molar-refractivity contribution in [3.8, 4) is 23.0 Å². The van der Waals surface area contributed by atoms with Crippen molar-refractivity contribution in [2.24, 2.45) is 0 Å². The monoisotopic (exact) mass is 1990 g/mol. The van der Waals surface area contributed by atoms with Crippen LogP contribution in [0.2, 0.25) is 10.0 Å². The highest BCUT2D eigenvalue weighted by Crippen LogP contribution is 2.39. The van der Waals surface area contributed by atoms with Gasteiger partial charge in [0.05, 0.1) is 87.5 Å². The number of nitrogens with zero attached hydrogens (tertiary/aromatic N) is 12. The van der Waals surface area contributed by atoms with Crippen LogP contribution in [0.3, 0.4) is 0 Å². The number of aromatic hydroxyl groups is 1. The van der Waals surface area contributed by atoms with Gasteiger partial charge in [-0.2, -0.15) is 9.97 Å². The lowest BCUT2D eigenvalue weighted by molar-refractivity contribution is -0.123. The summed E-state index contributed by atoms with van der Waals surface area (Å²) in [5.74, 6) is 3.55. The number of hydrogen-bond donors (Lipinski definition) is 11. The normalized spacial score (nSPS) is 13.9. The third-order valence-electron chi connectivity index (χ3n) is 21.6. The van der Waals surface area contributed by atoms with Crippen molar-refractivity contribution in [2.75, 3.05) is 150 Å². The van der Waals surface area contributed by atoms with Gasteiger partial charge < -0.3 is 86.3 Å². The fourth-order valence-electron chi connectivity index (χ4n) is 14.1. The summed E-state index contributed by atoms with van der Waals surface area (Å²) in [6.07, 6.45) is 7.49. The fraction of sp³-hybridized carbons (Fsp3) is 0.308. The molecule has 2 amide bonds. The number of piperidine rings is 1. The standard InChI is InChI=1S/C30H40ClN7O3S.C23H28BrN7O3S.C22H22ClN3O3S.C16H14BrN3O3/c1-21(2)42(39,40)28-8-6-5-7-26(28)33-29-24(31)20-32-30(35-29)34-25-10-9-23(19-27(25)41-4)37-13-11-22(12-14-37)38-17-15-36(3)16-18-38;1-25-35(32,33)21-7-5-4-6-19(21)27-22-17(24)15-26-23(29-22)28-18-9-8-16(14-20(18)34-3)31-12-10-30(2)11-13-31;1-15-5-7-18(8-6-15)29-13-20(27)25-12-21-26-19(14-30-21)22(28)24-10-9-16-3-2-4-17(23)11-16;17-13-5-11(1-2-15(13)23)20-16-12-3-9(6-21)10(7-22)4-14(12)18-8-19-16/h5-10,19-22H,11-18H2,1-4H3,(H2,32,33,34,35);4-9,14-15,25H,10-13H2,1-3H3,(H2,26,27,28,29);2-8,11,14H,9-10,12-13H2,1H3,(H,24,28)(H,25,27);1-5,8,21-23H,6-7H2,(H,18,19,20). The smallest absolute Gasteiger partial charge is 0.270 e. The molecule has 0 saturated carbocycles. The molecule has 130 heavy (non-hydrogen) atoms. The number of likely N-dealkylation sites (N-methyl/N-ethyl adjacent to an activating group) is 2. The first-order valence-corrected chi connectivity index (χ1v) is 48.0. The lowest BCUT2D eigenvalue weighted by Crippen LogP contribution is -2.52. The molecule has 3 fully saturated rings. The third-order valence-corrected chi connectivity index (χ3v) is 27.8. The number of aliphatic hydroxyl groups is 2. The van der Waals surface area contributed by atoms with Gasteiger partial charge in [0.2, 0.25) is 21.9 Å². The van der Waals surface area contributed by atoms with Gasteiger partial charge in [-0.15, -0.1) is 11.3 Å². The van der Waals surface area contributed by atoms with E-state index in [0.29, 0.717) is 124 Å². The van der Waals surface area contributed by atoms with Gasteiger partial charge in [0.15, 0.2) is 22.3 Å². The van der Waals surface area contributed by atoms with Crippen LogP contribution in [0.1, 0.15) is 64.4 Å². The van der Waals surface area contributed by atoms with Gasteiger partial charge in [0.1, 0.15) is 61.6 Å². The summed E-state index contributed by atoms with van der Waals surface area (Å²) in [5, 5.41) is 53.2. The van der Waals surface area contributed by atoms with Crippen molar-refractivity contribution in [3.05, 3.63) is 240 Å². The first-order valence-electron chi connectivity index (χ1n) is 41.7. The lowest BCUT2D eigenvalue weighted by atomic mass is 10.0. The molecule has 12 aromatic rings. The Kier molecular flexibility index (Phi) is 35.1. The molecule has 15 rings (SSSR count). The quantitative estimate of drug-likeness (QED) is 0.0186. The number of benzene rings is 8. The van der Waals surface area contributed by atoms with Crippen molar-refractivity contribution in [1.29, 1.82) is 0 Å². The molecule has 0 radical (unpaired) electrons. The minimum Gasteiger partial charge on any atom is -0.507 e. The predicted octanol–water partition coefficient (Wildman–Crippen LogP) is 15.0. The molecule has 7 heterocycles. The Balaban J connectivity index is 0.000000160. The van der Waals surface area contributed by atoms with Crippen LogP contribution < -0.4 is 66.0 Å². The molecule has 39 heteroatoms. The summed E-state index contributed by atoms with van der Waals surface area (Å²) in [6.45, 7) is 16.2. The second kappa shape index (κ2) is 46.6. The molecule has 0 unspecified atom stereocenters. The van der Waals surface area contributed by atoms with E-state index < -0.39 is 25.1 Å². The maximum atomic E-state index is 12.9. The highest BCUT2D eigenvalue weighted by Gasteiger charge is 2.29. The van der Waals surface area contributed by atoms with E-state index >= 15 is 0 Å². The number of aryl methyl sites for hydroxylation is 1. The number of rotatable bonds is 30. The minimum atomic E-state index is -3.66. The molecule has 11 N–H and O–H groups in total. The Morgan fingerprint density at radius 2 is 1.20 bits per heavy atom. The van der Waals surface area contributed by atoms with Gasteiger partial charge in [-0.3, -0.25) is 14.5 Å². The zero-order valence-electron chi connectivity index (χ0n) is 72.9. The Morgan fingerprint density at radius 1 is 0.600 bits per heavy atom. The van der Waals surface area contributed by atoms with Gasteiger partial charge in [-0.05, 0) is 213 Å². The molecule has 0 atom stereocenters. The number of hydrogen-bond acceptors (Lipinski definition) is 30. The SMILES string of the molecule is CNS(=O)(=O)c1ccccc1Nc1nc(Nc2ccc(N3CCN(C)CC3)cc2OC)ncc1Br.COc1cc(N2CCC(N3CCN(C)CC3)CC2)ccc1Nc1ncc(Cl)c(Nc2ccccc2S(=O)(=O)C(C)C)n1.Cc1ccc(OCC(=O)NCc2nc(C(=O)NCCc3cccc(Cl)c3)cs2)cc1.OCc1cc2ncnc(Nc3ccc(O)c(Br)c3)c2cc1CO. The average molecular weight is 2000 g/mol. The van der Waals surface area contributed by atoms with Gasteiger partial charge >= 0.3 is 0 Å². The zero-order chi connectivity index (χ0) is 92.6. The summed E-state index contributed by atoms with van der Waals surface area (Å²) >= 11 is 20.4. The summed E-state index contributed by atoms with van der Waals surface area (Å²) in [4.78, 5) is 67.1. The number of aromatic nitrogens is 7. The van der Waals surface area contributed by atoms with Crippen LogP contribution in [-0.2, 0) is 50.8 Å². The van der Waals surface area contributed by atoms with Crippen LogP contribution in [0, 0.1) is 6.92 Å². The number of thiazole rings is 1. The van der Waals surface area contributed by atoms with Crippen LogP contribution >= 0.6 is 66.4 Å². The first-order chi connectivity index (χ1) is 62.6. The van der Waals surface area contributed by atoms with E-state index in [1.54, 1.807) is 112 Å². The van der Waals surface area contributed by atoms with Crippen molar-refractivity contribution in [2.45, 2.75) is 80.9 Å². The van der Waals surface area contributed by atoms with E-state index in [-0.39, 0.29) is 58.7 Å². The highest BCUT2D eigenvalue weighted by molar-refractivity contribution is 9.11. The second-order valence-corrected chi connectivity index (χ2v) is 38.6. The number of amides is 2. The molecule has 3 aliphatic heterocycles. The summed E-state index contributed by atoms with van der Waals surface area (Å²) < 4.78 is 70.9. The van der Waals surface area contributed by atoms with Crippen LogP contribution in [0.4, 0.5) is 69.2 Å². The molecule has 3 aliphatic rings. The van der Waals surface area contributed by atoms with Crippen molar-refractivity contribution in [1.82, 2.24) is 64.9 Å². The summed E-state index contributed by atoms with van der Waals surface area (Å²) in [5.41, 5.74) is 9.63. The van der Waals surface area contributed by atoms with Crippen LogP contribution in [0.25, 0.3) is 10.9 Å². The number of phenols is 1. The van der Waals surface area contributed by atoms with Crippen LogP contribution in [0.5, 0.6) is 23.0 Å². The molecule has 0 aliphatic carbocycles. The molecule has 0 spiro atoms. The third kappa shape index (κ3) is 26.8. The van der Waals surface area contributed by atoms with Gasteiger partial charge in [0, 0.05) is 129 Å². The molecule has 3 saturated heterocycles. The Hall–Kier alpha value is -11.2. The van der Waals surface area contributed by atoms with Crippen molar-refractivity contribution < 1.29 is 56.0 Å². The maximum absolute atomic E-state index is 12.9. The second-order valence-electron chi connectivity index (χ2n) is 30.8. The number of anilines is 12. The number of sulfonamides is 1. The van der Waals surface area contributed by atoms with E-state index in [1.165, 1.54) is 37.0 Å². The van der Waals surface area contributed by atoms with Gasteiger partial charge in [-0.25, -0.2) is 46.5 Å². The van der Waals surface area contributed by atoms with Crippen LogP contribution in [0.15, 0.2) is 207 Å². The van der Waals surface area contributed by atoms with E-state index in [2.05, 4.69) is 153 Å². The van der Waals surface area contributed by atoms with E-state index in [1.807, 2.05) is 85.8 Å². The van der Waals surface area contributed by atoms with E-state index in [4.69, 9.17) is 37.4 Å². The molecule has 4 aromatic heterocycles. The topological polar surface area (TPSA) is 393 Å². The van der Waals surface area contributed by atoms with E-state index in [0.717, 1.165) is 118 Å². The fourth-order valence-corrected chi connectivity index (χ4v) is 17.9. The molecule has 686 valence electrons. The zero-order valence-corrected chi connectivity index (χ0v) is 80.0. The molecular weight excluding hydrogens is 1890 g/mol. The number of fused-ring (bicyclic) bond motifs is 1. The highest BCUT2D eigenvalue weighted by atomic mass is 79.9. The number of sulfone groups is 1. The Bertz CT molecular complexity index is 6120.